The number of nitrogens with one attached hydrogen (secondary N) is 1. The van der Waals surface area contributed by atoms with Gasteiger partial charge in [0.05, 0.1) is 6.07 Å². The zero-order chi connectivity index (χ0) is 15.4. The Labute approximate surface area is 133 Å². The van der Waals surface area contributed by atoms with Crippen molar-refractivity contribution in [1.29, 1.82) is 5.26 Å². The minimum Gasteiger partial charge on any atom is -0.439 e. The summed E-state index contributed by atoms with van der Waals surface area (Å²) in [6, 6.07) is 19.4. The number of hydrogen-bond donors (Lipinski definition) is 1. The Bertz CT molecular complexity index is 803. The topological polar surface area (TPSA) is 61.9 Å². The van der Waals surface area contributed by atoms with Gasteiger partial charge >= 0.3 is 0 Å². The number of rotatable bonds is 4. The maximum absolute atomic E-state index is 9.39. The quantitative estimate of drug-likeness (QED) is 0.747. The lowest BCUT2D eigenvalue weighted by Crippen LogP contribution is -2.26. The minimum atomic E-state index is -0.689. The van der Waals surface area contributed by atoms with E-state index in [0.717, 1.165) is 11.1 Å². The highest BCUT2D eigenvalue weighted by Crippen LogP contribution is 2.22. The van der Waals surface area contributed by atoms with Crippen molar-refractivity contribution in [2.45, 2.75) is 12.5 Å². The average Bonchev–Trinajstić information content (AvgIpc) is 2.98. The molecule has 0 saturated carbocycles. The molecule has 1 N–H and O–H groups in total. The van der Waals surface area contributed by atoms with Crippen LogP contribution in [0.3, 0.4) is 0 Å². The second-order valence-electron chi connectivity index (χ2n) is 4.79. The van der Waals surface area contributed by atoms with Crippen molar-refractivity contribution in [3.8, 4) is 6.07 Å². The molecular formula is C17H13N3OS. The lowest BCUT2D eigenvalue weighted by molar-refractivity contribution is 0.537. The van der Waals surface area contributed by atoms with Crippen LogP contribution in [0.15, 0.2) is 59.0 Å². The van der Waals surface area contributed by atoms with Gasteiger partial charge in [0.1, 0.15) is 10.5 Å². The van der Waals surface area contributed by atoms with Crippen molar-refractivity contribution in [2.24, 2.45) is 0 Å². The molecule has 1 heterocycles. The summed E-state index contributed by atoms with van der Waals surface area (Å²) in [4.78, 5) is 4.76. The lowest BCUT2D eigenvalue weighted by atomic mass is 10.1. The molecule has 108 valence electrons. The number of aromatic nitrogens is 1. The predicted octanol–water partition coefficient (Wildman–Crippen LogP) is 3.55. The molecule has 4 nitrogen and oxygen atoms in total. The molecular weight excluding hydrogens is 294 g/mol. The summed E-state index contributed by atoms with van der Waals surface area (Å²) < 4.78 is 5.63. The maximum Gasteiger partial charge on any atom is 0.219 e. The highest BCUT2D eigenvalue weighted by atomic mass is 32.1. The number of oxazole rings is 1. The van der Waals surface area contributed by atoms with Crippen molar-refractivity contribution in [3.63, 3.8) is 0 Å². The summed E-state index contributed by atoms with van der Waals surface area (Å²) in [7, 11) is 0. The van der Waals surface area contributed by atoms with Gasteiger partial charge in [0.25, 0.3) is 0 Å². The van der Waals surface area contributed by atoms with Gasteiger partial charge in [-0.2, -0.15) is 5.26 Å². The third-order valence-electron chi connectivity index (χ3n) is 3.26. The Morgan fingerprint density at radius 1 is 1.18 bits per heavy atom. The molecule has 2 aromatic carbocycles. The van der Waals surface area contributed by atoms with E-state index in [4.69, 9.17) is 16.6 Å². The molecule has 0 aliphatic carbocycles. The number of fused-ring (bicyclic) bond motifs is 1. The van der Waals surface area contributed by atoms with Crippen LogP contribution < -0.4 is 5.32 Å². The van der Waals surface area contributed by atoms with E-state index in [1.165, 1.54) is 0 Å². The van der Waals surface area contributed by atoms with E-state index in [1.807, 2.05) is 54.6 Å². The number of nitrogens with zero attached hydrogens (tertiary/aromatic N) is 2. The first kappa shape index (κ1) is 14.2. The van der Waals surface area contributed by atoms with E-state index in [-0.39, 0.29) is 0 Å². The normalized spacial score (nSPS) is 11.8. The number of benzene rings is 2. The van der Waals surface area contributed by atoms with Crippen molar-refractivity contribution in [2.75, 3.05) is 0 Å². The standard InChI is InChI=1S/C17H13N3OS/c18-10-13(16-20-14-8-4-5-9-15(14)21-16)17(22)19-11-12-6-2-1-3-7-12/h1-9,13H,11H2,(H,19,22). The second kappa shape index (κ2) is 6.37. The molecule has 0 bridgehead atoms. The van der Waals surface area contributed by atoms with Crippen molar-refractivity contribution in [1.82, 2.24) is 10.3 Å². The van der Waals surface area contributed by atoms with Crippen LogP contribution >= 0.6 is 12.2 Å². The Kier molecular flexibility index (Phi) is 4.12. The molecule has 22 heavy (non-hydrogen) atoms. The summed E-state index contributed by atoms with van der Waals surface area (Å²) in [6.07, 6.45) is 0. The number of nitriles is 1. The average molecular weight is 307 g/mol. The first-order valence-corrected chi connectivity index (χ1v) is 7.25. The molecule has 1 atom stereocenters. The van der Waals surface area contributed by atoms with E-state index in [2.05, 4.69) is 16.4 Å². The number of thiocarbonyl (C=S) groups is 1. The van der Waals surface area contributed by atoms with Crippen molar-refractivity contribution < 1.29 is 4.42 Å². The number of hydrogen-bond acceptors (Lipinski definition) is 4. The summed E-state index contributed by atoms with van der Waals surface area (Å²) in [5.41, 5.74) is 2.48. The van der Waals surface area contributed by atoms with E-state index in [9.17, 15) is 5.26 Å². The third-order valence-corrected chi connectivity index (χ3v) is 3.64. The van der Waals surface area contributed by atoms with Crippen LogP contribution in [0.25, 0.3) is 11.1 Å². The minimum absolute atomic E-state index is 0.328. The molecule has 0 spiro atoms. The van der Waals surface area contributed by atoms with Crippen LogP contribution in [-0.2, 0) is 6.54 Å². The zero-order valence-electron chi connectivity index (χ0n) is 11.7. The Balaban J connectivity index is 1.76. The van der Waals surface area contributed by atoms with Crippen LogP contribution in [0.2, 0.25) is 0 Å². The number of para-hydroxylation sites is 2. The molecule has 0 aliphatic heterocycles. The molecule has 1 unspecified atom stereocenters. The smallest absolute Gasteiger partial charge is 0.219 e. The molecule has 1 aromatic heterocycles. The van der Waals surface area contributed by atoms with Gasteiger partial charge in [-0.05, 0) is 17.7 Å². The predicted molar refractivity (Wildman–Crippen MR) is 88.2 cm³/mol. The second-order valence-corrected chi connectivity index (χ2v) is 5.23. The van der Waals surface area contributed by atoms with Crippen LogP contribution in [0.5, 0.6) is 0 Å². The van der Waals surface area contributed by atoms with Gasteiger partial charge in [0.15, 0.2) is 11.5 Å². The summed E-state index contributed by atoms with van der Waals surface area (Å²) in [5, 5.41) is 12.5. The lowest BCUT2D eigenvalue weighted by Gasteiger charge is -2.10. The van der Waals surface area contributed by atoms with Crippen molar-refractivity contribution in [3.05, 3.63) is 66.1 Å². The van der Waals surface area contributed by atoms with Crippen LogP contribution in [0.4, 0.5) is 0 Å². The fourth-order valence-corrected chi connectivity index (χ4v) is 2.35. The first-order chi connectivity index (χ1) is 10.8. The van der Waals surface area contributed by atoms with Crippen LogP contribution in [-0.4, -0.2) is 9.97 Å². The molecule has 0 aliphatic rings. The fraction of sp³-hybridized carbons (Fsp3) is 0.118. The van der Waals surface area contributed by atoms with E-state index >= 15 is 0 Å². The molecule has 0 amide bonds. The monoisotopic (exact) mass is 307 g/mol. The SMILES string of the molecule is N#CC(C(=S)NCc1ccccc1)c1nc2ccccc2o1. The molecule has 3 rings (SSSR count). The van der Waals surface area contributed by atoms with Gasteiger partial charge in [0, 0.05) is 6.54 Å². The third kappa shape index (κ3) is 2.97. The first-order valence-electron chi connectivity index (χ1n) is 6.84. The molecule has 0 saturated heterocycles. The highest BCUT2D eigenvalue weighted by molar-refractivity contribution is 7.80. The van der Waals surface area contributed by atoms with E-state index < -0.39 is 5.92 Å². The zero-order valence-corrected chi connectivity index (χ0v) is 12.5. The van der Waals surface area contributed by atoms with E-state index in [0.29, 0.717) is 23.0 Å². The molecule has 3 aromatic rings. The molecule has 0 fully saturated rings. The maximum atomic E-state index is 9.39. The van der Waals surface area contributed by atoms with Crippen LogP contribution in [0, 0.1) is 11.3 Å². The summed E-state index contributed by atoms with van der Waals surface area (Å²) in [5.74, 6) is -0.361. The molecule has 0 radical (unpaired) electrons. The van der Waals surface area contributed by atoms with Gasteiger partial charge in [-0.15, -0.1) is 0 Å². The van der Waals surface area contributed by atoms with Gasteiger partial charge in [0.2, 0.25) is 5.89 Å². The summed E-state index contributed by atoms with van der Waals surface area (Å²) >= 11 is 5.33. The van der Waals surface area contributed by atoms with Crippen LogP contribution in [0.1, 0.15) is 17.4 Å². The van der Waals surface area contributed by atoms with Gasteiger partial charge < -0.3 is 9.73 Å². The summed E-state index contributed by atoms with van der Waals surface area (Å²) in [6.45, 7) is 0.568. The Morgan fingerprint density at radius 3 is 2.64 bits per heavy atom. The van der Waals surface area contributed by atoms with Gasteiger partial charge in [-0.25, -0.2) is 4.98 Å². The van der Waals surface area contributed by atoms with Crippen molar-refractivity contribution >= 4 is 28.3 Å². The Hall–Kier alpha value is -2.71. The van der Waals surface area contributed by atoms with Gasteiger partial charge in [-0.1, -0.05) is 54.7 Å². The molecule has 5 heteroatoms. The largest absolute Gasteiger partial charge is 0.439 e. The highest BCUT2D eigenvalue weighted by Gasteiger charge is 2.22. The fourth-order valence-electron chi connectivity index (χ4n) is 2.13. The van der Waals surface area contributed by atoms with Gasteiger partial charge in [-0.3, -0.25) is 0 Å². The van der Waals surface area contributed by atoms with E-state index in [1.54, 1.807) is 0 Å². The Morgan fingerprint density at radius 2 is 1.91 bits per heavy atom.